The summed E-state index contributed by atoms with van der Waals surface area (Å²) in [5, 5.41) is 0.457. The normalized spacial score (nSPS) is 16.5. The molecule has 0 aromatic heterocycles. The van der Waals surface area contributed by atoms with Gasteiger partial charge < -0.3 is 14.2 Å². The maximum absolute atomic E-state index is 13.1. The fraction of sp³-hybridized carbons (Fsp3) is 0.381. The van der Waals surface area contributed by atoms with Crippen LogP contribution >= 0.6 is 11.6 Å². The number of ether oxygens (including phenoxy) is 3. The van der Waals surface area contributed by atoms with E-state index in [0.717, 1.165) is 0 Å². The molecular weight excluding hydrogens is 444 g/mol. The van der Waals surface area contributed by atoms with Crippen LogP contribution in [0.3, 0.4) is 0 Å². The largest absolute Gasteiger partial charge is 0.493 e. The minimum atomic E-state index is -3.74. The summed E-state index contributed by atoms with van der Waals surface area (Å²) in [6.07, 6.45) is 0. The Morgan fingerprint density at radius 2 is 1.61 bits per heavy atom. The lowest BCUT2D eigenvalue weighted by Gasteiger charge is -2.37. The van der Waals surface area contributed by atoms with Gasteiger partial charge in [-0.25, -0.2) is 13.2 Å². The van der Waals surface area contributed by atoms with Crippen LogP contribution in [-0.2, 0) is 19.6 Å². The van der Waals surface area contributed by atoms with Gasteiger partial charge in [0.1, 0.15) is 6.04 Å². The average molecular weight is 469 g/mol. The average Bonchev–Trinajstić information content (AvgIpc) is 2.80. The third-order valence-corrected chi connectivity index (χ3v) is 7.49. The molecule has 0 aliphatic carbocycles. The van der Waals surface area contributed by atoms with Crippen LogP contribution in [0.25, 0.3) is 0 Å². The van der Waals surface area contributed by atoms with Crippen molar-refractivity contribution in [1.29, 1.82) is 0 Å². The number of methoxy groups -OCH3 is 3. The van der Waals surface area contributed by atoms with Gasteiger partial charge >= 0.3 is 5.97 Å². The van der Waals surface area contributed by atoms with Crippen LogP contribution in [0.2, 0.25) is 5.02 Å². The van der Waals surface area contributed by atoms with Gasteiger partial charge in [0.05, 0.1) is 26.2 Å². The van der Waals surface area contributed by atoms with Crippen LogP contribution in [0.1, 0.15) is 11.6 Å². The first-order valence-corrected chi connectivity index (χ1v) is 11.4. The van der Waals surface area contributed by atoms with E-state index in [-0.39, 0.29) is 18.0 Å². The molecule has 2 aromatic rings. The van der Waals surface area contributed by atoms with Gasteiger partial charge in [-0.3, -0.25) is 4.90 Å². The number of esters is 1. The van der Waals surface area contributed by atoms with E-state index < -0.39 is 22.0 Å². The van der Waals surface area contributed by atoms with Gasteiger partial charge in [0.25, 0.3) is 0 Å². The first-order valence-electron chi connectivity index (χ1n) is 9.62. The lowest BCUT2D eigenvalue weighted by molar-refractivity contribution is -0.147. The molecule has 0 radical (unpaired) electrons. The monoisotopic (exact) mass is 468 g/mol. The number of rotatable bonds is 7. The second-order valence-corrected chi connectivity index (χ2v) is 9.25. The number of sulfonamides is 1. The molecule has 1 aliphatic heterocycles. The molecule has 0 amide bonds. The summed E-state index contributed by atoms with van der Waals surface area (Å²) in [4.78, 5) is 14.5. The molecule has 0 spiro atoms. The molecule has 168 valence electrons. The van der Waals surface area contributed by atoms with Gasteiger partial charge in [0.15, 0.2) is 11.5 Å². The number of halogens is 1. The summed E-state index contributed by atoms with van der Waals surface area (Å²) >= 11 is 6.31. The zero-order valence-electron chi connectivity index (χ0n) is 17.6. The fourth-order valence-corrected chi connectivity index (χ4v) is 5.29. The SMILES string of the molecule is COC(=O)C(c1ccccc1Cl)N1CCN(S(=O)(=O)c2ccc(OC)c(OC)c2)CC1. The molecule has 1 heterocycles. The number of hydrogen-bond acceptors (Lipinski definition) is 7. The molecule has 0 bridgehead atoms. The second kappa shape index (κ2) is 9.86. The van der Waals surface area contributed by atoms with E-state index in [1.54, 1.807) is 30.3 Å². The predicted octanol–water partition coefficient (Wildman–Crippen LogP) is 2.58. The van der Waals surface area contributed by atoms with Crippen LogP contribution in [0, 0.1) is 0 Å². The van der Waals surface area contributed by atoms with Crippen molar-refractivity contribution >= 4 is 27.6 Å². The number of carbonyl (C=O) groups is 1. The van der Waals surface area contributed by atoms with E-state index in [4.69, 9.17) is 25.8 Å². The minimum Gasteiger partial charge on any atom is -0.493 e. The topological polar surface area (TPSA) is 85.4 Å². The molecule has 10 heteroatoms. The third-order valence-electron chi connectivity index (χ3n) is 5.26. The van der Waals surface area contributed by atoms with Gasteiger partial charge in [-0.1, -0.05) is 29.8 Å². The van der Waals surface area contributed by atoms with E-state index in [0.29, 0.717) is 35.2 Å². The maximum atomic E-state index is 13.1. The van der Waals surface area contributed by atoms with Crippen LogP contribution in [-0.4, -0.2) is 71.1 Å². The summed E-state index contributed by atoms with van der Waals surface area (Å²) in [5.74, 6) is 0.350. The molecule has 0 N–H and O–H groups in total. The molecular formula is C21H25ClN2O6S. The zero-order valence-corrected chi connectivity index (χ0v) is 19.1. The van der Waals surface area contributed by atoms with Crippen LogP contribution in [0.15, 0.2) is 47.4 Å². The van der Waals surface area contributed by atoms with Crippen molar-refractivity contribution < 1.29 is 27.4 Å². The van der Waals surface area contributed by atoms with E-state index in [1.165, 1.54) is 37.8 Å². The number of carbonyl (C=O) groups excluding carboxylic acids is 1. The lowest BCUT2D eigenvalue weighted by atomic mass is 10.0. The Labute approximate surface area is 187 Å². The summed E-state index contributed by atoms with van der Waals surface area (Å²) in [7, 11) is 0.526. The fourth-order valence-electron chi connectivity index (χ4n) is 3.61. The Bertz CT molecular complexity index is 1040. The third kappa shape index (κ3) is 4.79. The Hall–Kier alpha value is -2.33. The first kappa shape index (κ1) is 23.3. The highest BCUT2D eigenvalue weighted by molar-refractivity contribution is 7.89. The molecule has 1 aliphatic rings. The molecule has 8 nitrogen and oxygen atoms in total. The highest BCUT2D eigenvalue weighted by Gasteiger charge is 2.36. The maximum Gasteiger partial charge on any atom is 0.327 e. The van der Waals surface area contributed by atoms with Gasteiger partial charge in [0, 0.05) is 37.3 Å². The standard InChI is InChI=1S/C21H25ClN2O6S/c1-28-18-9-8-15(14-19(18)29-2)31(26,27)24-12-10-23(11-13-24)20(21(25)30-3)16-6-4-5-7-17(16)22/h4-9,14,20H,10-13H2,1-3H3. The lowest BCUT2D eigenvalue weighted by Crippen LogP contribution is -2.51. The van der Waals surface area contributed by atoms with E-state index in [1.807, 2.05) is 4.90 Å². The molecule has 2 aromatic carbocycles. The Morgan fingerprint density at radius 1 is 0.968 bits per heavy atom. The van der Waals surface area contributed by atoms with E-state index in [2.05, 4.69) is 0 Å². The first-order chi connectivity index (χ1) is 14.8. The zero-order chi connectivity index (χ0) is 22.6. The van der Waals surface area contributed by atoms with Crippen molar-refractivity contribution in [3.63, 3.8) is 0 Å². The summed E-state index contributed by atoms with van der Waals surface area (Å²) in [6.45, 7) is 1.12. The van der Waals surface area contributed by atoms with Crippen molar-refractivity contribution in [2.75, 3.05) is 47.5 Å². The summed E-state index contributed by atoms with van der Waals surface area (Å²) in [5.41, 5.74) is 0.632. The number of piperazine rings is 1. The number of nitrogens with zero attached hydrogens (tertiary/aromatic N) is 2. The molecule has 31 heavy (non-hydrogen) atoms. The molecule has 0 saturated carbocycles. The quantitative estimate of drug-likeness (QED) is 0.577. The van der Waals surface area contributed by atoms with Crippen molar-refractivity contribution in [3.05, 3.63) is 53.1 Å². The highest BCUT2D eigenvalue weighted by Crippen LogP contribution is 2.33. The molecule has 1 unspecified atom stereocenters. The Morgan fingerprint density at radius 3 is 2.19 bits per heavy atom. The van der Waals surface area contributed by atoms with Gasteiger partial charge in [-0.2, -0.15) is 4.31 Å². The van der Waals surface area contributed by atoms with Gasteiger partial charge in [-0.15, -0.1) is 0 Å². The molecule has 3 rings (SSSR count). The Balaban J connectivity index is 1.80. The highest BCUT2D eigenvalue weighted by atomic mass is 35.5. The van der Waals surface area contributed by atoms with E-state index in [9.17, 15) is 13.2 Å². The van der Waals surface area contributed by atoms with Crippen molar-refractivity contribution in [1.82, 2.24) is 9.21 Å². The Kier molecular flexibility index (Phi) is 7.42. The van der Waals surface area contributed by atoms with Crippen LogP contribution < -0.4 is 9.47 Å². The number of benzene rings is 2. The molecule has 1 atom stereocenters. The summed E-state index contributed by atoms with van der Waals surface area (Å²) < 4.78 is 43.1. The van der Waals surface area contributed by atoms with Crippen molar-refractivity contribution in [3.8, 4) is 11.5 Å². The predicted molar refractivity (Wildman–Crippen MR) is 116 cm³/mol. The minimum absolute atomic E-state index is 0.120. The van der Waals surface area contributed by atoms with E-state index >= 15 is 0 Å². The number of hydrogen-bond donors (Lipinski definition) is 0. The molecule has 1 fully saturated rings. The van der Waals surface area contributed by atoms with Gasteiger partial charge in [-0.05, 0) is 23.8 Å². The van der Waals surface area contributed by atoms with Gasteiger partial charge in [0.2, 0.25) is 10.0 Å². The van der Waals surface area contributed by atoms with Crippen LogP contribution in [0.5, 0.6) is 11.5 Å². The van der Waals surface area contributed by atoms with Crippen molar-refractivity contribution in [2.45, 2.75) is 10.9 Å². The molecule has 1 saturated heterocycles. The van der Waals surface area contributed by atoms with Crippen molar-refractivity contribution in [2.24, 2.45) is 0 Å². The van der Waals surface area contributed by atoms with Crippen LogP contribution in [0.4, 0.5) is 0 Å². The summed E-state index contributed by atoms with van der Waals surface area (Å²) in [6, 6.07) is 10.9. The second-order valence-electron chi connectivity index (χ2n) is 6.90. The smallest absolute Gasteiger partial charge is 0.327 e.